The van der Waals surface area contributed by atoms with Gasteiger partial charge >= 0.3 is 5.97 Å². The first kappa shape index (κ1) is 83.2. The van der Waals surface area contributed by atoms with Gasteiger partial charge in [0.2, 0.25) is 65.0 Å². The lowest BCUT2D eigenvalue weighted by molar-refractivity contribution is -0.158. The number of aliphatic hydroxyl groups excluding tert-OH is 4. The summed E-state index contributed by atoms with van der Waals surface area (Å²) >= 11 is 0. The van der Waals surface area contributed by atoms with Gasteiger partial charge < -0.3 is 102 Å². The molecule has 0 radical (unpaired) electrons. The minimum atomic E-state index is -2.57. The third kappa shape index (κ3) is 27.8. The van der Waals surface area contributed by atoms with Crippen LogP contribution in [0.15, 0.2) is 59.9 Å². The van der Waals surface area contributed by atoms with E-state index in [4.69, 9.17) is 33.4 Å². The third-order valence-corrected chi connectivity index (χ3v) is 15.9. The number of pyridine rings is 1. The summed E-state index contributed by atoms with van der Waals surface area (Å²) in [4.78, 5) is 172. The maximum absolute atomic E-state index is 14.2. The molecule has 0 aliphatic carbocycles. The van der Waals surface area contributed by atoms with E-state index in [1.807, 2.05) is 31.4 Å². The largest absolute Gasteiger partial charge is 0.453 e. The van der Waals surface area contributed by atoms with E-state index < -0.39 is 175 Å². The molecule has 0 unspecified atom stereocenters. The SMILES string of the molecule is CC[C@H](C)[C@H](NC(=O)[C@@H](CCCN=C(N)N)NC(=O)[C@H](CC(C)C)NC(=O)[C@@H](C)[C@H](O)C(C)C)C(=O)N[C@H](C(=O)NCC(=O)N[C@H](C(=O)N[C@@H](CO)C(=O)O[C@H](c1ccccc1)[C@H](NC(=O)[C@H](Cc1cccnc1)NC(=O)[C@H](N)CC(C)(C)CC)C(N)=O)[C@H](O)C(N)=O)[C@H](C)O. The monoisotopic (exact) mass is 1350 g/mol. The van der Waals surface area contributed by atoms with Crippen molar-refractivity contribution in [3.05, 3.63) is 66.0 Å². The van der Waals surface area contributed by atoms with Gasteiger partial charge in [-0.1, -0.05) is 118 Å². The van der Waals surface area contributed by atoms with E-state index in [9.17, 15) is 78.0 Å². The predicted octanol–water partition coefficient (Wildman–Crippen LogP) is -4.44. The molecule has 1 aromatic heterocycles. The number of nitrogens with one attached hydrogen (secondary N) is 9. The van der Waals surface area contributed by atoms with Gasteiger partial charge in [0.15, 0.2) is 24.2 Å². The lowest BCUT2D eigenvalue weighted by Gasteiger charge is -2.30. The van der Waals surface area contributed by atoms with E-state index in [0.29, 0.717) is 12.0 Å². The first-order valence-corrected chi connectivity index (χ1v) is 31.8. The second kappa shape index (κ2) is 40.5. The number of ether oxygens (including phenoxy) is 1. The summed E-state index contributed by atoms with van der Waals surface area (Å²) in [7, 11) is 0. The van der Waals surface area contributed by atoms with Crippen molar-refractivity contribution in [3.8, 4) is 0 Å². The van der Waals surface area contributed by atoms with E-state index in [-0.39, 0.29) is 73.8 Å². The number of rotatable bonds is 42. The Hall–Kier alpha value is -8.92. The number of aromatic nitrogens is 1. The number of aliphatic imine (C=N–C) groups is 1. The summed E-state index contributed by atoms with van der Waals surface area (Å²) in [6, 6.07) is -4.33. The highest BCUT2D eigenvalue weighted by atomic mass is 16.5. The van der Waals surface area contributed by atoms with Crippen LogP contribution < -0.4 is 76.5 Å². The summed E-state index contributed by atoms with van der Waals surface area (Å²) in [6.07, 6.45) is -3.06. The maximum Gasteiger partial charge on any atom is 0.331 e. The van der Waals surface area contributed by atoms with Crippen LogP contribution in [0.2, 0.25) is 0 Å². The number of hydrogen-bond donors (Lipinski definition) is 18. The van der Waals surface area contributed by atoms with Crippen LogP contribution in [0.25, 0.3) is 0 Å². The molecule has 11 amide bonds. The van der Waals surface area contributed by atoms with Gasteiger partial charge in [-0.25, -0.2) is 4.79 Å². The molecule has 2 aromatic rings. The summed E-state index contributed by atoms with van der Waals surface area (Å²) in [6.45, 7) is 16.3. The van der Waals surface area contributed by atoms with Gasteiger partial charge in [0.1, 0.15) is 42.3 Å². The number of aliphatic hydroxyl groups is 4. The molecule has 536 valence electrons. The van der Waals surface area contributed by atoms with Crippen molar-refractivity contribution in [2.24, 2.45) is 62.7 Å². The van der Waals surface area contributed by atoms with Crippen molar-refractivity contribution >= 4 is 76.9 Å². The Balaban J connectivity index is 2.40. The molecule has 1 aromatic carbocycles. The van der Waals surface area contributed by atoms with Gasteiger partial charge in [0, 0.05) is 25.4 Å². The fourth-order valence-electron chi connectivity index (χ4n) is 9.59. The average Bonchev–Trinajstić information content (AvgIpc) is 0.950. The molecule has 0 bridgehead atoms. The van der Waals surface area contributed by atoms with Crippen LogP contribution in [-0.2, 0) is 68.7 Å². The smallest absolute Gasteiger partial charge is 0.331 e. The zero-order chi connectivity index (χ0) is 72.9. The number of guanidine groups is 1. The Morgan fingerprint density at radius 2 is 1.19 bits per heavy atom. The van der Waals surface area contributed by atoms with E-state index in [0.717, 1.165) is 6.92 Å². The molecule has 0 spiro atoms. The van der Waals surface area contributed by atoms with Crippen LogP contribution in [0.5, 0.6) is 0 Å². The van der Waals surface area contributed by atoms with E-state index in [1.54, 1.807) is 59.7 Å². The number of carbonyl (C=O) groups excluding carboxylic acids is 12. The molecular weight excluding hydrogens is 1250 g/mol. The molecule has 0 aliphatic rings. The first-order valence-electron chi connectivity index (χ1n) is 31.8. The summed E-state index contributed by atoms with van der Waals surface area (Å²) in [5, 5.41) is 64.2. The van der Waals surface area contributed by atoms with Crippen LogP contribution in [0.1, 0.15) is 132 Å². The third-order valence-electron chi connectivity index (χ3n) is 15.9. The Morgan fingerprint density at radius 3 is 1.72 bits per heavy atom. The molecule has 23 N–H and O–H groups in total. The lowest BCUT2D eigenvalue weighted by Crippen LogP contribution is -2.62. The van der Waals surface area contributed by atoms with Crippen molar-refractivity contribution in [1.29, 1.82) is 0 Å². The van der Waals surface area contributed by atoms with Crippen molar-refractivity contribution in [3.63, 3.8) is 0 Å². The zero-order valence-corrected chi connectivity index (χ0v) is 56.5. The van der Waals surface area contributed by atoms with E-state index in [1.165, 1.54) is 43.6 Å². The quantitative estimate of drug-likeness (QED) is 0.0129. The molecular formula is C63H102N16O17. The fraction of sp³-hybridized carbons (Fsp3) is 0.619. The summed E-state index contributed by atoms with van der Waals surface area (Å²) in [5.74, 6) is -15.7. The number of hydrogen-bond acceptors (Lipinski definition) is 20. The van der Waals surface area contributed by atoms with Crippen LogP contribution in [0, 0.1) is 29.1 Å². The number of carbonyl (C=O) groups is 12. The molecule has 0 aliphatic heterocycles. The van der Waals surface area contributed by atoms with Gasteiger partial charge in [0.25, 0.3) is 0 Å². The minimum absolute atomic E-state index is 0.0242. The van der Waals surface area contributed by atoms with Crippen molar-refractivity contribution in [2.75, 3.05) is 19.7 Å². The van der Waals surface area contributed by atoms with Gasteiger partial charge in [-0.05, 0) is 73.0 Å². The Morgan fingerprint density at radius 1 is 0.625 bits per heavy atom. The molecule has 0 fully saturated rings. The van der Waals surface area contributed by atoms with Crippen LogP contribution in [0.3, 0.4) is 0 Å². The lowest BCUT2D eigenvalue weighted by atomic mass is 9.83. The standard InChI is InChI=1S/C63H102N16O17/c1-12-33(7)44(77-55(89)39(22-18-24-70-62(67)68)72-56(90)40(25-31(3)4)73-53(87)34(8)48(83)32(5)6)59(93)78-45(35(9)81)58(92)71-29-43(82)76-46(49(84)52(66)86)60(94)75-42(30-80)61(95)96-50(37-20-15-14-16-21-37)47(51(65)85)79-57(91)41(26-36-19-17-23-69-28-36)74-54(88)38(64)27-63(10,11)13-2/h14-17,19-21,23,28,31-35,38-42,44-50,80-81,83-84H,12-13,18,22,24-27,29-30,64H2,1-11H3,(H2,65,85)(H2,66,86)(H,71,92)(H,72,90)(H,73,87)(H,74,88)(H,75,94)(H,76,82)(H,77,89)(H,78,93)(H,79,91)(H4,67,68,70)/t33-,34-,35-,38+,39+,40-,41-,42-,44-,45-,46-,47-,48+,49-,50+/m0/s1. The van der Waals surface area contributed by atoms with Crippen molar-refractivity contribution in [2.45, 2.75) is 200 Å². The Bertz CT molecular complexity index is 2950. The minimum Gasteiger partial charge on any atom is -0.453 e. The molecule has 96 heavy (non-hydrogen) atoms. The number of amides is 11. The average molecular weight is 1360 g/mol. The maximum atomic E-state index is 14.2. The van der Waals surface area contributed by atoms with Crippen LogP contribution in [-0.4, -0.2) is 195 Å². The molecule has 15 atom stereocenters. The Labute approximate surface area is 558 Å². The number of esters is 1. The normalized spacial score (nSPS) is 16.1. The van der Waals surface area contributed by atoms with Crippen LogP contribution >= 0.6 is 0 Å². The zero-order valence-electron chi connectivity index (χ0n) is 56.5. The topological polar surface area (TPSA) is 559 Å². The molecule has 33 heteroatoms. The van der Waals surface area contributed by atoms with Crippen molar-refractivity contribution in [1.82, 2.24) is 52.8 Å². The molecule has 33 nitrogen and oxygen atoms in total. The van der Waals surface area contributed by atoms with E-state index >= 15 is 0 Å². The first-order chi connectivity index (χ1) is 44.9. The van der Waals surface area contributed by atoms with E-state index in [2.05, 4.69) is 47.2 Å². The fourth-order valence-corrected chi connectivity index (χ4v) is 9.59. The molecule has 0 saturated carbocycles. The molecule has 0 saturated heterocycles. The van der Waals surface area contributed by atoms with Gasteiger partial charge in [-0.3, -0.25) is 62.7 Å². The highest BCUT2D eigenvalue weighted by Crippen LogP contribution is 2.26. The highest BCUT2D eigenvalue weighted by molar-refractivity contribution is 5.99. The second-order valence-corrected chi connectivity index (χ2v) is 25.3. The number of nitrogens with zero attached hydrogens (tertiary/aromatic N) is 2. The Kier molecular flexibility index (Phi) is 35.1. The number of nitrogens with two attached hydrogens (primary N) is 5. The predicted molar refractivity (Wildman–Crippen MR) is 350 cm³/mol. The van der Waals surface area contributed by atoms with Gasteiger partial charge in [-0.2, -0.15) is 0 Å². The second-order valence-electron chi connectivity index (χ2n) is 25.3. The van der Waals surface area contributed by atoms with Crippen molar-refractivity contribution < 1.29 is 82.7 Å². The van der Waals surface area contributed by atoms with Gasteiger partial charge in [0.05, 0.1) is 37.3 Å². The highest BCUT2D eigenvalue weighted by Gasteiger charge is 2.41. The number of primary amides is 2. The van der Waals surface area contributed by atoms with Crippen LogP contribution in [0.4, 0.5) is 0 Å². The summed E-state index contributed by atoms with van der Waals surface area (Å²) < 4.78 is 5.70. The number of benzene rings is 1. The van der Waals surface area contributed by atoms with Gasteiger partial charge in [-0.15, -0.1) is 0 Å². The molecule has 2 rings (SSSR count). The summed E-state index contributed by atoms with van der Waals surface area (Å²) in [5.41, 5.74) is 28.6. The molecule has 1 heterocycles.